The van der Waals surface area contributed by atoms with E-state index in [-0.39, 0.29) is 11.9 Å². The summed E-state index contributed by atoms with van der Waals surface area (Å²) in [7, 11) is 0. The number of urea groups is 1. The minimum Gasteiger partial charge on any atom is -0.370 e. The molecular formula is C22H24N4O2S2. The van der Waals surface area contributed by atoms with Crippen molar-refractivity contribution in [2.24, 2.45) is 5.73 Å². The molecule has 6 nitrogen and oxygen atoms in total. The van der Waals surface area contributed by atoms with Crippen molar-refractivity contribution in [2.45, 2.75) is 24.7 Å². The molecule has 0 atom stereocenters. The molecule has 0 unspecified atom stereocenters. The average Bonchev–Trinajstić information content (AvgIpc) is 3.18. The van der Waals surface area contributed by atoms with Gasteiger partial charge in [-0.05, 0) is 19.1 Å². The van der Waals surface area contributed by atoms with Crippen molar-refractivity contribution in [3.63, 3.8) is 0 Å². The zero-order chi connectivity index (χ0) is 21.3. The molecule has 0 spiro atoms. The molecule has 8 heteroatoms. The summed E-state index contributed by atoms with van der Waals surface area (Å²) in [5.74, 6) is 0.237. The Morgan fingerprint density at radius 2 is 1.90 bits per heavy atom. The maximum Gasteiger partial charge on any atom is 0.319 e. The molecule has 0 aliphatic rings. The topological polar surface area (TPSA) is 97.1 Å². The molecule has 3 aromatic rings. The second-order valence-corrected chi connectivity index (χ2v) is 8.70. The first-order chi connectivity index (χ1) is 14.5. The fraction of sp³-hybridized carbons (Fsp3) is 0.227. The molecule has 0 aliphatic carbocycles. The maximum atomic E-state index is 12.3. The Morgan fingerprint density at radius 1 is 1.13 bits per heavy atom. The Hall–Kier alpha value is -2.84. The molecule has 2 aromatic carbocycles. The van der Waals surface area contributed by atoms with Gasteiger partial charge in [0.1, 0.15) is 5.01 Å². The fourth-order valence-electron chi connectivity index (χ4n) is 2.68. The third-order valence-electron chi connectivity index (χ3n) is 4.26. The van der Waals surface area contributed by atoms with Gasteiger partial charge in [-0.15, -0.1) is 23.1 Å². The number of nitrogens with zero attached hydrogens (tertiary/aromatic N) is 1. The average molecular weight is 441 g/mol. The Bertz CT molecular complexity index is 1000. The van der Waals surface area contributed by atoms with Crippen LogP contribution < -0.4 is 16.4 Å². The fourth-order valence-corrected chi connectivity index (χ4v) is 4.51. The lowest BCUT2D eigenvalue weighted by Crippen LogP contribution is -2.30. The number of anilines is 1. The van der Waals surface area contributed by atoms with Gasteiger partial charge in [-0.1, -0.05) is 42.0 Å². The summed E-state index contributed by atoms with van der Waals surface area (Å²) < 4.78 is 0. The zero-order valence-corrected chi connectivity index (χ0v) is 18.3. The number of carbonyl (C=O) groups excluding carboxylic acids is 2. The molecule has 156 valence electrons. The number of hydrogen-bond acceptors (Lipinski definition) is 5. The first kappa shape index (κ1) is 21.9. The number of nitrogens with one attached hydrogen (secondary N) is 2. The largest absolute Gasteiger partial charge is 0.370 e. The van der Waals surface area contributed by atoms with Crippen molar-refractivity contribution in [1.29, 1.82) is 0 Å². The number of thiazole rings is 1. The molecule has 3 rings (SSSR count). The Morgan fingerprint density at radius 3 is 2.67 bits per heavy atom. The molecular weight excluding hydrogens is 416 g/mol. The zero-order valence-electron chi connectivity index (χ0n) is 16.7. The molecule has 3 amide bonds. The Labute approximate surface area is 184 Å². The van der Waals surface area contributed by atoms with Crippen LogP contribution in [-0.2, 0) is 11.2 Å². The minimum absolute atomic E-state index is 0.271. The molecule has 30 heavy (non-hydrogen) atoms. The number of hydrogen-bond donors (Lipinski definition) is 3. The van der Waals surface area contributed by atoms with Crippen LogP contribution in [0.25, 0.3) is 10.6 Å². The van der Waals surface area contributed by atoms with Gasteiger partial charge in [-0.25, -0.2) is 9.78 Å². The van der Waals surface area contributed by atoms with Crippen molar-refractivity contribution in [3.05, 3.63) is 65.2 Å². The number of aryl methyl sites for hydroxylation is 1. The summed E-state index contributed by atoms with van der Waals surface area (Å²) in [6, 6.07) is 15.5. The van der Waals surface area contributed by atoms with Crippen LogP contribution in [0.5, 0.6) is 0 Å². The van der Waals surface area contributed by atoms with Crippen LogP contribution in [0.15, 0.2) is 58.8 Å². The molecule has 0 radical (unpaired) electrons. The van der Waals surface area contributed by atoms with Gasteiger partial charge in [0.2, 0.25) is 5.91 Å². The Kier molecular flexibility index (Phi) is 7.87. The molecule has 0 saturated carbocycles. The van der Waals surface area contributed by atoms with Gasteiger partial charge < -0.3 is 16.4 Å². The van der Waals surface area contributed by atoms with E-state index in [1.165, 1.54) is 17.3 Å². The molecule has 1 heterocycles. The van der Waals surface area contributed by atoms with Crippen LogP contribution in [0, 0.1) is 6.92 Å². The lowest BCUT2D eigenvalue weighted by molar-refractivity contribution is -0.117. The van der Waals surface area contributed by atoms with Crippen LogP contribution in [0.4, 0.5) is 10.5 Å². The highest BCUT2D eigenvalue weighted by molar-refractivity contribution is 7.99. The van der Waals surface area contributed by atoms with Gasteiger partial charge in [-0.3, -0.25) is 4.79 Å². The monoisotopic (exact) mass is 440 g/mol. The number of benzene rings is 2. The highest BCUT2D eigenvalue weighted by atomic mass is 32.2. The number of rotatable bonds is 9. The van der Waals surface area contributed by atoms with Gasteiger partial charge in [0, 0.05) is 41.0 Å². The highest BCUT2D eigenvalue weighted by Crippen LogP contribution is 2.27. The van der Waals surface area contributed by atoms with E-state index in [0.717, 1.165) is 21.2 Å². The lowest BCUT2D eigenvalue weighted by Gasteiger charge is -2.11. The third kappa shape index (κ3) is 6.60. The summed E-state index contributed by atoms with van der Waals surface area (Å²) in [6.07, 6.45) is 0.953. The molecule has 4 N–H and O–H groups in total. The summed E-state index contributed by atoms with van der Waals surface area (Å²) in [4.78, 5) is 28.7. The molecule has 0 aliphatic heterocycles. The highest BCUT2D eigenvalue weighted by Gasteiger charge is 2.09. The predicted molar refractivity (Wildman–Crippen MR) is 124 cm³/mol. The van der Waals surface area contributed by atoms with Crippen LogP contribution in [0.1, 0.15) is 17.7 Å². The second kappa shape index (κ2) is 10.8. The van der Waals surface area contributed by atoms with Crippen LogP contribution in [-0.4, -0.2) is 29.2 Å². The first-order valence-electron chi connectivity index (χ1n) is 9.57. The number of amides is 3. The molecule has 1 aromatic heterocycles. The molecule has 0 fully saturated rings. The lowest BCUT2D eigenvalue weighted by atomic mass is 10.2. The molecule has 0 bridgehead atoms. The van der Waals surface area contributed by atoms with E-state index in [9.17, 15) is 9.59 Å². The van der Waals surface area contributed by atoms with Crippen LogP contribution in [0.3, 0.4) is 0 Å². The molecule has 0 saturated heterocycles. The number of para-hydroxylation sites is 1. The van der Waals surface area contributed by atoms with Gasteiger partial charge in [0.15, 0.2) is 0 Å². The minimum atomic E-state index is -0.335. The van der Waals surface area contributed by atoms with Crippen LogP contribution >= 0.6 is 23.1 Å². The first-order valence-corrected chi connectivity index (χ1v) is 11.4. The standard InChI is InChI=1S/C22H24N4O2S2/c1-15-6-8-16(9-7-15)21-25-17(14-30-21)10-12-24-22(28)26-18-4-2-3-5-19(18)29-13-11-20(23)27/h2-9,14H,10-13H2,1H3,(H2,23,27)(H2,24,26,28). The van der Waals surface area contributed by atoms with Crippen molar-refractivity contribution >= 4 is 40.7 Å². The number of aromatic nitrogens is 1. The van der Waals surface area contributed by atoms with E-state index < -0.39 is 0 Å². The van der Waals surface area contributed by atoms with E-state index in [4.69, 9.17) is 5.73 Å². The van der Waals surface area contributed by atoms with Crippen molar-refractivity contribution < 1.29 is 9.59 Å². The van der Waals surface area contributed by atoms with Gasteiger partial charge in [0.05, 0.1) is 11.4 Å². The van der Waals surface area contributed by atoms with Crippen molar-refractivity contribution in [2.75, 3.05) is 17.6 Å². The summed E-state index contributed by atoms with van der Waals surface area (Å²) in [6.45, 7) is 2.55. The van der Waals surface area contributed by atoms with E-state index in [2.05, 4.69) is 46.8 Å². The predicted octanol–water partition coefficient (Wildman–Crippen LogP) is 4.45. The quantitative estimate of drug-likeness (QED) is 0.428. The summed E-state index contributed by atoms with van der Waals surface area (Å²) >= 11 is 3.09. The van der Waals surface area contributed by atoms with Gasteiger partial charge in [-0.2, -0.15) is 0 Å². The van der Waals surface area contributed by atoms with Crippen molar-refractivity contribution in [1.82, 2.24) is 10.3 Å². The maximum absolute atomic E-state index is 12.3. The van der Waals surface area contributed by atoms with Gasteiger partial charge >= 0.3 is 6.03 Å². The number of primary amides is 1. The third-order valence-corrected chi connectivity index (χ3v) is 6.27. The van der Waals surface area contributed by atoms with Crippen LogP contribution in [0.2, 0.25) is 0 Å². The van der Waals surface area contributed by atoms with E-state index in [1.807, 2.05) is 29.6 Å². The summed E-state index contributed by atoms with van der Waals surface area (Å²) in [5.41, 5.74) is 9.17. The number of carbonyl (C=O) groups is 2. The van der Waals surface area contributed by atoms with Gasteiger partial charge in [0.25, 0.3) is 0 Å². The number of thioether (sulfide) groups is 1. The second-order valence-electron chi connectivity index (χ2n) is 6.70. The van der Waals surface area contributed by atoms with E-state index in [1.54, 1.807) is 11.3 Å². The number of nitrogens with two attached hydrogens (primary N) is 1. The SMILES string of the molecule is Cc1ccc(-c2nc(CCNC(=O)Nc3ccccc3SCCC(N)=O)cs2)cc1. The normalized spacial score (nSPS) is 10.6. The Balaban J connectivity index is 1.48. The van der Waals surface area contributed by atoms with Crippen molar-refractivity contribution in [3.8, 4) is 10.6 Å². The van der Waals surface area contributed by atoms with E-state index >= 15 is 0 Å². The summed E-state index contributed by atoms with van der Waals surface area (Å²) in [5, 5.41) is 8.75. The van der Waals surface area contributed by atoms with E-state index in [0.29, 0.717) is 30.8 Å². The smallest absolute Gasteiger partial charge is 0.319 e.